The third-order valence-electron chi connectivity index (χ3n) is 5.03. The van der Waals surface area contributed by atoms with Gasteiger partial charge in [0.1, 0.15) is 0 Å². The standard InChI is InChI=1S/C16H25N3OS.ClH/c1-2-10-6-7-13-14(8-10)21-16(18-13)19-15(20)9-11-4-3-5-12(11)17;/h10-12H,2-9,17H2,1H3,(H,18,19,20);1H/t10?,11-,12+;/m0./s1. The molecule has 0 saturated heterocycles. The maximum absolute atomic E-state index is 12.1. The highest BCUT2D eigenvalue weighted by atomic mass is 35.5. The molecule has 1 aromatic rings. The lowest BCUT2D eigenvalue weighted by atomic mass is 9.89. The van der Waals surface area contributed by atoms with Crippen LogP contribution >= 0.6 is 23.7 Å². The number of aromatic nitrogens is 1. The zero-order valence-electron chi connectivity index (χ0n) is 13.1. The topological polar surface area (TPSA) is 68.0 Å². The van der Waals surface area contributed by atoms with E-state index in [1.165, 1.54) is 23.4 Å². The third-order valence-corrected chi connectivity index (χ3v) is 6.07. The summed E-state index contributed by atoms with van der Waals surface area (Å²) in [6.07, 6.45) is 8.51. The Morgan fingerprint density at radius 3 is 2.91 bits per heavy atom. The average Bonchev–Trinajstić information content (AvgIpc) is 3.04. The summed E-state index contributed by atoms with van der Waals surface area (Å²) in [5.41, 5.74) is 7.24. The fourth-order valence-corrected chi connectivity index (χ4v) is 4.71. The first-order chi connectivity index (χ1) is 10.2. The Bertz CT molecular complexity index is 519. The lowest BCUT2D eigenvalue weighted by molar-refractivity contribution is -0.117. The van der Waals surface area contributed by atoms with Gasteiger partial charge >= 0.3 is 0 Å². The number of carbonyl (C=O) groups is 1. The van der Waals surface area contributed by atoms with Crippen LogP contribution in [0.1, 0.15) is 56.0 Å². The molecule has 3 rings (SSSR count). The van der Waals surface area contributed by atoms with Crippen LogP contribution in [-0.4, -0.2) is 16.9 Å². The number of hydrogen-bond acceptors (Lipinski definition) is 4. The van der Waals surface area contributed by atoms with Gasteiger partial charge in [0.15, 0.2) is 5.13 Å². The van der Waals surface area contributed by atoms with Crippen LogP contribution in [0.25, 0.3) is 0 Å². The third kappa shape index (κ3) is 4.00. The van der Waals surface area contributed by atoms with Crippen LogP contribution in [0.4, 0.5) is 5.13 Å². The van der Waals surface area contributed by atoms with Gasteiger partial charge in [-0.25, -0.2) is 4.98 Å². The number of carbonyl (C=O) groups excluding carboxylic acids is 1. The summed E-state index contributed by atoms with van der Waals surface area (Å²) in [6, 6.07) is 0.200. The van der Waals surface area contributed by atoms with Crippen molar-refractivity contribution in [2.24, 2.45) is 17.6 Å². The van der Waals surface area contributed by atoms with Crippen molar-refractivity contribution in [3.05, 3.63) is 10.6 Å². The molecule has 2 aliphatic rings. The van der Waals surface area contributed by atoms with Crippen molar-refractivity contribution in [3.8, 4) is 0 Å². The zero-order valence-corrected chi connectivity index (χ0v) is 14.8. The van der Waals surface area contributed by atoms with Crippen molar-refractivity contribution in [1.82, 2.24) is 4.98 Å². The number of thiazole rings is 1. The predicted molar refractivity (Wildman–Crippen MR) is 93.7 cm³/mol. The van der Waals surface area contributed by atoms with Crippen molar-refractivity contribution in [2.75, 3.05) is 5.32 Å². The summed E-state index contributed by atoms with van der Waals surface area (Å²) in [4.78, 5) is 18.1. The largest absolute Gasteiger partial charge is 0.327 e. The van der Waals surface area contributed by atoms with E-state index in [1.54, 1.807) is 11.3 Å². The van der Waals surface area contributed by atoms with Crippen LogP contribution in [-0.2, 0) is 17.6 Å². The Balaban J connectivity index is 0.00000176. The Labute approximate surface area is 142 Å². The first-order valence-corrected chi connectivity index (χ1v) is 9.01. The lowest BCUT2D eigenvalue weighted by Crippen LogP contribution is -2.28. The molecule has 22 heavy (non-hydrogen) atoms. The number of anilines is 1. The van der Waals surface area contributed by atoms with Crippen molar-refractivity contribution in [2.45, 2.75) is 64.3 Å². The second-order valence-electron chi connectivity index (χ2n) is 6.51. The Morgan fingerprint density at radius 2 is 2.23 bits per heavy atom. The lowest BCUT2D eigenvalue weighted by Gasteiger charge is -2.18. The molecule has 1 heterocycles. The van der Waals surface area contributed by atoms with Crippen molar-refractivity contribution >= 4 is 34.8 Å². The number of nitrogens with two attached hydrogens (primary N) is 1. The van der Waals surface area contributed by atoms with Crippen molar-refractivity contribution in [3.63, 3.8) is 0 Å². The molecule has 3 N–H and O–H groups in total. The molecule has 3 atom stereocenters. The maximum atomic E-state index is 12.1. The van der Waals surface area contributed by atoms with Crippen LogP contribution in [0.15, 0.2) is 0 Å². The number of hydrogen-bond donors (Lipinski definition) is 2. The number of halogens is 1. The molecule has 4 nitrogen and oxygen atoms in total. The van der Waals surface area contributed by atoms with Gasteiger partial charge < -0.3 is 11.1 Å². The van der Waals surface area contributed by atoms with Gasteiger partial charge in [0.2, 0.25) is 5.91 Å². The van der Waals surface area contributed by atoms with E-state index in [0.717, 1.165) is 43.2 Å². The quantitative estimate of drug-likeness (QED) is 0.878. The molecule has 6 heteroatoms. The Hall–Kier alpha value is -0.650. The van der Waals surface area contributed by atoms with Gasteiger partial charge in [-0.05, 0) is 43.9 Å². The molecular weight excluding hydrogens is 318 g/mol. The molecule has 1 amide bonds. The number of fused-ring (bicyclic) bond motifs is 1. The second kappa shape index (κ2) is 7.75. The highest BCUT2D eigenvalue weighted by Gasteiger charge is 2.27. The SMILES string of the molecule is CCC1CCc2nc(NC(=O)C[C@@H]3CCC[C@H]3N)sc2C1.Cl. The summed E-state index contributed by atoms with van der Waals surface area (Å²) < 4.78 is 0. The fraction of sp³-hybridized carbons (Fsp3) is 0.750. The summed E-state index contributed by atoms with van der Waals surface area (Å²) in [5, 5.41) is 3.78. The highest BCUT2D eigenvalue weighted by molar-refractivity contribution is 7.15. The first-order valence-electron chi connectivity index (χ1n) is 8.19. The molecule has 1 saturated carbocycles. The summed E-state index contributed by atoms with van der Waals surface area (Å²) in [7, 11) is 0. The molecule has 0 radical (unpaired) electrons. The predicted octanol–water partition coefficient (Wildman–Crippen LogP) is 3.54. The highest BCUT2D eigenvalue weighted by Crippen LogP contribution is 2.34. The van der Waals surface area contributed by atoms with Crippen LogP contribution in [0, 0.1) is 11.8 Å². The molecule has 1 fully saturated rings. The molecule has 0 bridgehead atoms. The van der Waals surface area contributed by atoms with Crippen molar-refractivity contribution in [1.29, 1.82) is 0 Å². The summed E-state index contributed by atoms with van der Waals surface area (Å²) in [5.74, 6) is 1.22. The average molecular weight is 344 g/mol. The molecular formula is C16H26ClN3OS. The minimum Gasteiger partial charge on any atom is -0.327 e. The molecule has 2 aliphatic carbocycles. The smallest absolute Gasteiger partial charge is 0.226 e. The number of nitrogens with one attached hydrogen (secondary N) is 1. The molecule has 0 aliphatic heterocycles. The van der Waals surface area contributed by atoms with E-state index in [1.807, 2.05) is 0 Å². The zero-order chi connectivity index (χ0) is 14.8. The van der Waals surface area contributed by atoms with Gasteiger partial charge in [-0.1, -0.05) is 19.8 Å². The van der Waals surface area contributed by atoms with E-state index in [0.29, 0.717) is 12.3 Å². The number of rotatable bonds is 4. The summed E-state index contributed by atoms with van der Waals surface area (Å²) >= 11 is 1.67. The molecule has 0 spiro atoms. The van der Waals surface area contributed by atoms with E-state index in [2.05, 4.69) is 17.2 Å². The van der Waals surface area contributed by atoms with E-state index in [-0.39, 0.29) is 24.4 Å². The van der Waals surface area contributed by atoms with Crippen LogP contribution in [0.2, 0.25) is 0 Å². The van der Waals surface area contributed by atoms with Crippen LogP contribution in [0.3, 0.4) is 0 Å². The van der Waals surface area contributed by atoms with Gasteiger partial charge in [-0.2, -0.15) is 0 Å². The minimum absolute atomic E-state index is 0. The first kappa shape index (κ1) is 17.7. The Morgan fingerprint density at radius 1 is 1.41 bits per heavy atom. The number of aryl methyl sites for hydroxylation is 1. The minimum atomic E-state index is 0. The van der Waals surface area contributed by atoms with Crippen LogP contribution in [0.5, 0.6) is 0 Å². The van der Waals surface area contributed by atoms with E-state index in [4.69, 9.17) is 5.73 Å². The maximum Gasteiger partial charge on any atom is 0.226 e. The van der Waals surface area contributed by atoms with E-state index >= 15 is 0 Å². The van der Waals surface area contributed by atoms with Gasteiger partial charge in [-0.15, -0.1) is 23.7 Å². The van der Waals surface area contributed by atoms with Gasteiger partial charge in [0.25, 0.3) is 0 Å². The number of amides is 1. The molecule has 124 valence electrons. The monoisotopic (exact) mass is 343 g/mol. The van der Waals surface area contributed by atoms with Crippen molar-refractivity contribution < 1.29 is 4.79 Å². The van der Waals surface area contributed by atoms with Crippen LogP contribution < -0.4 is 11.1 Å². The molecule has 1 unspecified atom stereocenters. The van der Waals surface area contributed by atoms with Gasteiger partial charge in [-0.3, -0.25) is 4.79 Å². The molecule has 0 aromatic carbocycles. The molecule has 1 aromatic heterocycles. The van der Waals surface area contributed by atoms with E-state index in [9.17, 15) is 4.79 Å². The van der Waals surface area contributed by atoms with E-state index < -0.39 is 0 Å². The fourth-order valence-electron chi connectivity index (χ4n) is 3.57. The normalized spacial score (nSPS) is 27.1. The van der Waals surface area contributed by atoms with Gasteiger partial charge in [0.05, 0.1) is 5.69 Å². The van der Waals surface area contributed by atoms with Gasteiger partial charge in [0, 0.05) is 17.3 Å². The number of nitrogens with zero attached hydrogens (tertiary/aromatic N) is 1. The summed E-state index contributed by atoms with van der Waals surface area (Å²) in [6.45, 7) is 2.25. The Kier molecular flexibility index (Phi) is 6.24. The second-order valence-corrected chi connectivity index (χ2v) is 7.60.